The highest BCUT2D eigenvalue weighted by molar-refractivity contribution is 6.06. The number of furan rings is 1. The molecule has 0 aliphatic heterocycles. The van der Waals surface area contributed by atoms with Gasteiger partial charge in [-0.25, -0.2) is 14.4 Å². The fraction of sp³-hybridized carbons (Fsp3) is 0. The Kier molecular flexibility index (Phi) is 6.31. The average Bonchev–Trinajstić information content (AvgIpc) is 3.47. The van der Waals surface area contributed by atoms with Crippen molar-refractivity contribution in [2.75, 3.05) is 0 Å². The summed E-state index contributed by atoms with van der Waals surface area (Å²) >= 11 is 0. The predicted octanol–water partition coefficient (Wildman–Crippen LogP) is 10.9. The van der Waals surface area contributed by atoms with Crippen LogP contribution < -0.4 is 0 Å². The zero-order valence-corrected chi connectivity index (χ0v) is 23.6. The van der Waals surface area contributed by atoms with E-state index in [0.717, 1.165) is 61.0 Å². The van der Waals surface area contributed by atoms with Gasteiger partial charge in [-0.2, -0.15) is 0 Å². The maximum atomic E-state index is 14.3. The molecule has 0 amide bonds. The Morgan fingerprint density at radius 2 is 1.00 bits per heavy atom. The van der Waals surface area contributed by atoms with E-state index in [1.54, 1.807) is 6.07 Å². The molecule has 0 saturated carbocycles. The summed E-state index contributed by atoms with van der Waals surface area (Å²) in [7, 11) is 0. The molecule has 3 nitrogen and oxygen atoms in total. The Morgan fingerprint density at radius 1 is 0.386 bits per heavy atom. The van der Waals surface area contributed by atoms with Gasteiger partial charge in [-0.1, -0.05) is 97.1 Å². The van der Waals surface area contributed by atoms with Crippen LogP contribution in [0, 0.1) is 5.82 Å². The summed E-state index contributed by atoms with van der Waals surface area (Å²) in [5.74, 6) is 0.278. The highest BCUT2D eigenvalue weighted by Gasteiger charge is 2.15. The van der Waals surface area contributed by atoms with Gasteiger partial charge < -0.3 is 4.42 Å². The van der Waals surface area contributed by atoms with Gasteiger partial charge in [0.25, 0.3) is 0 Å². The molecule has 0 atom stereocenters. The van der Waals surface area contributed by atoms with E-state index in [-0.39, 0.29) is 5.82 Å². The van der Waals surface area contributed by atoms with E-state index in [4.69, 9.17) is 14.4 Å². The van der Waals surface area contributed by atoms with Gasteiger partial charge in [-0.3, -0.25) is 0 Å². The van der Waals surface area contributed by atoms with Crippen molar-refractivity contribution in [1.29, 1.82) is 0 Å². The van der Waals surface area contributed by atoms with Crippen molar-refractivity contribution in [1.82, 2.24) is 9.97 Å². The van der Waals surface area contributed by atoms with Crippen LogP contribution >= 0.6 is 0 Å². The second-order valence-corrected chi connectivity index (χ2v) is 10.8. The van der Waals surface area contributed by atoms with Crippen LogP contribution in [0.15, 0.2) is 156 Å². The molecular formula is C40H25FN2O. The van der Waals surface area contributed by atoms with Crippen LogP contribution in [0.3, 0.4) is 0 Å². The Balaban J connectivity index is 1.35. The number of rotatable bonds is 5. The number of nitrogens with zero attached hydrogens (tertiary/aromatic N) is 2. The van der Waals surface area contributed by atoms with Crippen molar-refractivity contribution < 1.29 is 8.81 Å². The van der Waals surface area contributed by atoms with Crippen LogP contribution in [-0.4, -0.2) is 9.97 Å². The molecule has 8 rings (SSSR count). The average molecular weight is 569 g/mol. The molecule has 0 unspecified atom stereocenters. The van der Waals surface area contributed by atoms with Crippen molar-refractivity contribution >= 4 is 21.9 Å². The first kappa shape index (κ1) is 25.8. The lowest BCUT2D eigenvalue weighted by atomic mass is 9.94. The standard InChI is InChI=1S/C40H25FN2O/c41-33-15-9-14-29(23-33)36-25-37(43-40(42-36)27-12-5-2-6-13-27)32-21-30(26-10-3-1-4-11-26)20-31(22-32)28-18-19-39-35(24-28)34-16-7-8-17-38(34)44-39/h1-25H. The number of para-hydroxylation sites is 1. The molecule has 0 bridgehead atoms. The largest absolute Gasteiger partial charge is 0.456 e. The molecule has 2 heterocycles. The van der Waals surface area contributed by atoms with Crippen LogP contribution in [0.5, 0.6) is 0 Å². The summed E-state index contributed by atoms with van der Waals surface area (Å²) in [6.07, 6.45) is 0. The van der Waals surface area contributed by atoms with Crippen LogP contribution in [0.4, 0.5) is 4.39 Å². The molecule has 0 aliphatic rings. The van der Waals surface area contributed by atoms with Gasteiger partial charge in [-0.05, 0) is 76.9 Å². The molecule has 208 valence electrons. The number of aromatic nitrogens is 2. The maximum absolute atomic E-state index is 14.3. The molecular weight excluding hydrogens is 543 g/mol. The molecule has 2 aromatic heterocycles. The first-order valence-electron chi connectivity index (χ1n) is 14.5. The Bertz CT molecular complexity index is 2290. The third-order valence-corrected chi connectivity index (χ3v) is 7.92. The fourth-order valence-corrected chi connectivity index (χ4v) is 5.75. The monoisotopic (exact) mass is 568 g/mol. The lowest BCUT2D eigenvalue weighted by Gasteiger charge is -2.13. The lowest BCUT2D eigenvalue weighted by molar-refractivity contribution is 0.628. The molecule has 0 spiro atoms. The van der Waals surface area contributed by atoms with Crippen LogP contribution in [0.2, 0.25) is 0 Å². The van der Waals surface area contributed by atoms with Gasteiger partial charge in [0.15, 0.2) is 5.82 Å². The second-order valence-electron chi connectivity index (χ2n) is 10.8. The minimum atomic E-state index is -0.306. The van der Waals surface area contributed by atoms with E-state index in [9.17, 15) is 4.39 Å². The highest BCUT2D eigenvalue weighted by atomic mass is 19.1. The number of hydrogen-bond acceptors (Lipinski definition) is 3. The summed E-state index contributed by atoms with van der Waals surface area (Å²) in [5.41, 5.74) is 9.98. The predicted molar refractivity (Wildman–Crippen MR) is 176 cm³/mol. The molecule has 44 heavy (non-hydrogen) atoms. The minimum absolute atomic E-state index is 0.306. The summed E-state index contributed by atoms with van der Waals surface area (Å²) in [4.78, 5) is 9.92. The molecule has 4 heteroatoms. The third-order valence-electron chi connectivity index (χ3n) is 7.92. The number of fused-ring (bicyclic) bond motifs is 3. The third kappa shape index (κ3) is 4.83. The van der Waals surface area contributed by atoms with Crippen molar-refractivity contribution in [3.8, 4) is 56.2 Å². The Hall–Kier alpha value is -5.87. The van der Waals surface area contributed by atoms with E-state index in [1.807, 2.05) is 84.9 Å². The smallest absolute Gasteiger partial charge is 0.160 e. The topological polar surface area (TPSA) is 38.9 Å². The van der Waals surface area contributed by atoms with Crippen molar-refractivity contribution in [2.45, 2.75) is 0 Å². The zero-order chi connectivity index (χ0) is 29.5. The number of hydrogen-bond donors (Lipinski definition) is 0. The molecule has 0 saturated heterocycles. The summed E-state index contributed by atoms with van der Waals surface area (Å²) in [5, 5.41) is 2.17. The van der Waals surface area contributed by atoms with Crippen molar-refractivity contribution in [3.05, 3.63) is 157 Å². The van der Waals surface area contributed by atoms with Crippen molar-refractivity contribution in [2.24, 2.45) is 0 Å². The molecule has 6 aromatic carbocycles. The first-order valence-corrected chi connectivity index (χ1v) is 14.5. The van der Waals surface area contributed by atoms with E-state index in [2.05, 4.69) is 48.5 Å². The summed E-state index contributed by atoms with van der Waals surface area (Å²) < 4.78 is 20.4. The van der Waals surface area contributed by atoms with Gasteiger partial charge in [0, 0.05) is 27.5 Å². The minimum Gasteiger partial charge on any atom is -0.456 e. The van der Waals surface area contributed by atoms with E-state index in [0.29, 0.717) is 17.1 Å². The Labute approximate surface area is 253 Å². The van der Waals surface area contributed by atoms with Crippen molar-refractivity contribution in [3.63, 3.8) is 0 Å². The van der Waals surface area contributed by atoms with Gasteiger partial charge in [0.05, 0.1) is 11.4 Å². The fourth-order valence-electron chi connectivity index (χ4n) is 5.75. The second kappa shape index (κ2) is 10.8. The summed E-state index contributed by atoms with van der Waals surface area (Å²) in [6.45, 7) is 0. The summed E-state index contributed by atoms with van der Waals surface area (Å²) in [6, 6.07) is 49.7. The molecule has 0 fully saturated rings. The molecule has 8 aromatic rings. The van der Waals surface area contributed by atoms with Crippen LogP contribution in [-0.2, 0) is 0 Å². The first-order chi connectivity index (χ1) is 21.7. The molecule has 0 N–H and O–H groups in total. The maximum Gasteiger partial charge on any atom is 0.160 e. The molecule has 0 aliphatic carbocycles. The van der Waals surface area contributed by atoms with E-state index in [1.165, 1.54) is 12.1 Å². The quantitative estimate of drug-likeness (QED) is 0.207. The van der Waals surface area contributed by atoms with Gasteiger partial charge in [-0.15, -0.1) is 0 Å². The highest BCUT2D eigenvalue weighted by Crippen LogP contribution is 2.37. The lowest BCUT2D eigenvalue weighted by Crippen LogP contribution is -1.96. The van der Waals surface area contributed by atoms with E-state index >= 15 is 0 Å². The Morgan fingerprint density at radius 3 is 1.77 bits per heavy atom. The van der Waals surface area contributed by atoms with Gasteiger partial charge >= 0.3 is 0 Å². The van der Waals surface area contributed by atoms with E-state index < -0.39 is 0 Å². The number of halogens is 1. The molecule has 0 radical (unpaired) electrons. The number of benzene rings is 6. The van der Waals surface area contributed by atoms with Gasteiger partial charge in [0.1, 0.15) is 17.0 Å². The SMILES string of the molecule is Fc1cccc(-c2cc(-c3cc(-c4ccccc4)cc(-c4ccc5oc6ccccc6c5c4)c3)nc(-c3ccccc3)n2)c1. The normalized spacial score (nSPS) is 11.3. The van der Waals surface area contributed by atoms with Crippen LogP contribution in [0.1, 0.15) is 0 Å². The zero-order valence-electron chi connectivity index (χ0n) is 23.6. The van der Waals surface area contributed by atoms with Gasteiger partial charge in [0.2, 0.25) is 0 Å². The van der Waals surface area contributed by atoms with Crippen LogP contribution in [0.25, 0.3) is 78.1 Å².